The monoisotopic (exact) mass is 602 g/mol. The second kappa shape index (κ2) is 12.8. The van der Waals surface area contributed by atoms with Crippen LogP contribution in [0.15, 0.2) is 54.7 Å². The highest BCUT2D eigenvalue weighted by molar-refractivity contribution is 5.76. The standard InChI is InChI=1S/C33H36F2N6O3/c1-2-31(42)41-15-11-30(33(34,35)21-41)44-29-7-6-24(16-25(29)18-36)28-8-12-37-32(39-28)38-26-5-3-4-23(17-26)22-9-13-40(14-10-22)27-19-43-20-27/h3-8,12,16-17,22,27,30H,2,9-11,13-15,19-21H2,1H3,(H,37,38,39). The lowest BCUT2D eigenvalue weighted by Crippen LogP contribution is -2.55. The topological polar surface area (TPSA) is 104 Å². The minimum Gasteiger partial charge on any atom is -0.483 e. The number of hydrogen-bond acceptors (Lipinski definition) is 8. The molecule has 3 saturated heterocycles. The Bertz CT molecular complexity index is 1530. The molecule has 1 aromatic heterocycles. The Hall–Kier alpha value is -4.14. The summed E-state index contributed by atoms with van der Waals surface area (Å²) in [6.45, 7) is 4.99. The van der Waals surface area contributed by atoms with E-state index in [4.69, 9.17) is 9.47 Å². The normalized spacial score (nSPS) is 20.9. The van der Waals surface area contributed by atoms with Gasteiger partial charge in [-0.05, 0) is 73.8 Å². The van der Waals surface area contributed by atoms with Crippen LogP contribution in [0.2, 0.25) is 0 Å². The number of benzene rings is 2. The van der Waals surface area contributed by atoms with E-state index in [0.717, 1.165) is 44.8 Å². The van der Waals surface area contributed by atoms with Crippen LogP contribution < -0.4 is 10.1 Å². The second-order valence-corrected chi connectivity index (χ2v) is 11.7. The van der Waals surface area contributed by atoms with Gasteiger partial charge in [0.25, 0.3) is 0 Å². The first-order chi connectivity index (χ1) is 21.3. The number of nitrogens with zero attached hydrogens (tertiary/aromatic N) is 5. The summed E-state index contributed by atoms with van der Waals surface area (Å²) in [4.78, 5) is 24.7. The summed E-state index contributed by atoms with van der Waals surface area (Å²) in [6.07, 6.45) is 2.58. The zero-order valence-corrected chi connectivity index (χ0v) is 24.7. The van der Waals surface area contributed by atoms with Crippen LogP contribution in [-0.2, 0) is 9.53 Å². The minimum absolute atomic E-state index is 0.0252. The van der Waals surface area contributed by atoms with E-state index in [1.54, 1.807) is 31.3 Å². The average Bonchev–Trinajstić information content (AvgIpc) is 3.01. The molecule has 3 aromatic rings. The van der Waals surface area contributed by atoms with Crippen molar-refractivity contribution in [1.29, 1.82) is 5.26 Å². The van der Waals surface area contributed by atoms with E-state index in [1.807, 2.05) is 12.1 Å². The summed E-state index contributed by atoms with van der Waals surface area (Å²) in [5, 5.41) is 13.1. The van der Waals surface area contributed by atoms with Gasteiger partial charge in [-0.15, -0.1) is 0 Å². The summed E-state index contributed by atoms with van der Waals surface area (Å²) in [6, 6.07) is 17.5. The maximum Gasteiger partial charge on any atom is 0.301 e. The highest BCUT2D eigenvalue weighted by Crippen LogP contribution is 2.35. The molecule has 0 bridgehead atoms. The number of nitriles is 1. The van der Waals surface area contributed by atoms with Gasteiger partial charge in [-0.3, -0.25) is 9.69 Å². The number of carbonyl (C=O) groups excluding carboxylic acids is 1. The lowest BCUT2D eigenvalue weighted by molar-refractivity contribution is -0.159. The number of piperidine rings is 2. The van der Waals surface area contributed by atoms with Crippen LogP contribution in [0.4, 0.5) is 20.4 Å². The van der Waals surface area contributed by atoms with Crippen LogP contribution in [0, 0.1) is 11.3 Å². The van der Waals surface area contributed by atoms with Gasteiger partial charge in [0.05, 0.1) is 37.1 Å². The maximum atomic E-state index is 14.9. The molecule has 6 rings (SSSR count). The molecule has 0 aliphatic carbocycles. The molecule has 3 aliphatic rings. The van der Waals surface area contributed by atoms with Gasteiger partial charge in [-0.1, -0.05) is 19.1 Å². The van der Waals surface area contributed by atoms with Gasteiger partial charge in [0.2, 0.25) is 11.9 Å². The van der Waals surface area contributed by atoms with E-state index < -0.39 is 18.6 Å². The highest BCUT2D eigenvalue weighted by Gasteiger charge is 2.47. The van der Waals surface area contributed by atoms with E-state index in [9.17, 15) is 18.8 Å². The third kappa shape index (κ3) is 6.51. The number of nitrogens with one attached hydrogen (secondary N) is 1. The number of rotatable bonds is 8. The van der Waals surface area contributed by atoms with E-state index >= 15 is 0 Å². The number of amides is 1. The van der Waals surface area contributed by atoms with Crippen molar-refractivity contribution in [2.45, 2.75) is 56.6 Å². The second-order valence-electron chi connectivity index (χ2n) is 11.7. The van der Waals surface area contributed by atoms with E-state index in [1.165, 1.54) is 16.5 Å². The molecule has 0 radical (unpaired) electrons. The molecule has 9 nitrogen and oxygen atoms in total. The van der Waals surface area contributed by atoms with Gasteiger partial charge in [0.15, 0.2) is 6.10 Å². The summed E-state index contributed by atoms with van der Waals surface area (Å²) in [5.41, 5.74) is 3.52. The number of hydrogen-bond donors (Lipinski definition) is 1. The van der Waals surface area contributed by atoms with Gasteiger partial charge >= 0.3 is 5.92 Å². The van der Waals surface area contributed by atoms with Crippen molar-refractivity contribution in [1.82, 2.24) is 19.8 Å². The van der Waals surface area contributed by atoms with Crippen LogP contribution in [0.3, 0.4) is 0 Å². The molecule has 3 fully saturated rings. The summed E-state index contributed by atoms with van der Waals surface area (Å²) in [5.74, 6) is -2.56. The first-order valence-corrected chi connectivity index (χ1v) is 15.2. The Morgan fingerprint density at radius 1 is 1.14 bits per heavy atom. The fraction of sp³-hybridized carbons (Fsp3) is 0.455. The Kier molecular flexibility index (Phi) is 8.73. The first-order valence-electron chi connectivity index (χ1n) is 15.2. The molecular weight excluding hydrogens is 566 g/mol. The van der Waals surface area contributed by atoms with Crippen molar-refractivity contribution in [3.63, 3.8) is 0 Å². The van der Waals surface area contributed by atoms with Crippen LogP contribution in [0.25, 0.3) is 11.3 Å². The molecule has 2 aromatic carbocycles. The van der Waals surface area contributed by atoms with Gasteiger partial charge in [0.1, 0.15) is 11.8 Å². The maximum absolute atomic E-state index is 14.9. The zero-order valence-electron chi connectivity index (χ0n) is 24.7. The smallest absolute Gasteiger partial charge is 0.301 e. The van der Waals surface area contributed by atoms with Crippen molar-refractivity contribution in [2.75, 3.05) is 44.7 Å². The largest absolute Gasteiger partial charge is 0.483 e. The lowest BCUT2D eigenvalue weighted by Gasteiger charge is -2.41. The van der Waals surface area contributed by atoms with E-state index in [0.29, 0.717) is 29.2 Å². The Morgan fingerprint density at radius 2 is 1.95 bits per heavy atom. The third-order valence-corrected chi connectivity index (χ3v) is 8.79. The van der Waals surface area contributed by atoms with Gasteiger partial charge in [-0.2, -0.15) is 5.26 Å². The van der Waals surface area contributed by atoms with Crippen molar-refractivity contribution < 1.29 is 23.0 Å². The number of aromatic nitrogens is 2. The van der Waals surface area contributed by atoms with Crippen LogP contribution in [0.5, 0.6) is 5.75 Å². The van der Waals surface area contributed by atoms with Crippen molar-refractivity contribution in [2.24, 2.45) is 0 Å². The number of alkyl halides is 2. The molecular formula is C33H36F2N6O3. The summed E-state index contributed by atoms with van der Waals surface area (Å²) in [7, 11) is 0. The molecule has 11 heteroatoms. The predicted octanol–water partition coefficient (Wildman–Crippen LogP) is 5.36. The van der Waals surface area contributed by atoms with Crippen molar-refractivity contribution in [3.8, 4) is 23.1 Å². The van der Waals surface area contributed by atoms with Gasteiger partial charge in [0, 0.05) is 36.8 Å². The number of anilines is 2. The summed E-state index contributed by atoms with van der Waals surface area (Å²) >= 11 is 0. The Balaban J connectivity index is 1.12. The van der Waals surface area contributed by atoms with Gasteiger partial charge in [-0.25, -0.2) is 18.7 Å². The van der Waals surface area contributed by atoms with E-state index in [-0.39, 0.29) is 36.6 Å². The minimum atomic E-state index is -3.23. The van der Waals surface area contributed by atoms with Crippen LogP contribution >= 0.6 is 0 Å². The van der Waals surface area contributed by atoms with Crippen LogP contribution in [0.1, 0.15) is 49.7 Å². The average molecular weight is 603 g/mol. The number of carbonyl (C=O) groups is 1. The Morgan fingerprint density at radius 3 is 2.66 bits per heavy atom. The molecule has 4 heterocycles. The van der Waals surface area contributed by atoms with Crippen LogP contribution in [-0.4, -0.2) is 83.1 Å². The number of halogens is 2. The molecule has 1 atom stereocenters. The number of likely N-dealkylation sites (tertiary alicyclic amines) is 2. The number of ether oxygens (including phenoxy) is 2. The quantitative estimate of drug-likeness (QED) is 0.368. The van der Waals surface area contributed by atoms with Gasteiger partial charge < -0.3 is 19.7 Å². The fourth-order valence-corrected chi connectivity index (χ4v) is 6.15. The third-order valence-electron chi connectivity index (χ3n) is 8.79. The van der Waals surface area contributed by atoms with Crippen molar-refractivity contribution >= 4 is 17.5 Å². The SMILES string of the molecule is CCC(=O)N1CCC(Oc2ccc(-c3ccnc(Nc4cccc(C5CCN(C6COC6)CC5)c4)n3)cc2C#N)C(F)(F)C1. The molecule has 44 heavy (non-hydrogen) atoms. The molecule has 230 valence electrons. The first kappa shape index (κ1) is 29.9. The van der Waals surface area contributed by atoms with Crippen molar-refractivity contribution in [3.05, 3.63) is 65.9 Å². The molecule has 1 unspecified atom stereocenters. The molecule has 1 amide bonds. The van der Waals surface area contributed by atoms with E-state index in [2.05, 4.69) is 38.4 Å². The zero-order chi connectivity index (χ0) is 30.7. The summed E-state index contributed by atoms with van der Waals surface area (Å²) < 4.78 is 40.8. The lowest BCUT2D eigenvalue weighted by atomic mass is 9.88. The molecule has 0 saturated carbocycles. The molecule has 3 aliphatic heterocycles. The predicted molar refractivity (Wildman–Crippen MR) is 161 cm³/mol. The molecule has 0 spiro atoms. The fourth-order valence-electron chi connectivity index (χ4n) is 6.15. The molecule has 1 N–H and O–H groups in total. The Labute approximate surface area is 255 Å². The highest BCUT2D eigenvalue weighted by atomic mass is 19.3.